The Hall–Kier alpha value is -1.84. The van der Waals surface area contributed by atoms with Crippen LogP contribution in [0.3, 0.4) is 0 Å². The van der Waals surface area contributed by atoms with E-state index < -0.39 is 11.9 Å². The molecule has 0 radical (unpaired) electrons. The SMILES string of the molecule is O=C1NCC[C@@H]1C(=O)OCc1ccccc1. The highest BCUT2D eigenvalue weighted by Gasteiger charge is 2.32. The standard InChI is InChI=1S/C12H13NO3/c14-11-10(6-7-13-11)12(15)16-8-9-4-2-1-3-5-9/h1-5,10H,6-8H2,(H,13,14)/t10-/m0/s1. The second kappa shape index (κ2) is 4.79. The first-order valence-electron chi connectivity index (χ1n) is 5.25. The fraction of sp³-hybridized carbons (Fsp3) is 0.333. The molecule has 0 unspecified atom stereocenters. The minimum Gasteiger partial charge on any atom is -0.460 e. The maximum absolute atomic E-state index is 11.5. The lowest BCUT2D eigenvalue weighted by molar-refractivity contribution is -0.152. The molecule has 1 heterocycles. The third-order valence-corrected chi connectivity index (χ3v) is 2.56. The van der Waals surface area contributed by atoms with Crippen molar-refractivity contribution < 1.29 is 14.3 Å². The number of ether oxygens (including phenoxy) is 1. The molecule has 1 atom stereocenters. The van der Waals surface area contributed by atoms with Crippen molar-refractivity contribution in [1.29, 1.82) is 0 Å². The molecule has 0 saturated carbocycles. The van der Waals surface area contributed by atoms with Gasteiger partial charge in [-0.1, -0.05) is 30.3 Å². The number of hydrogen-bond donors (Lipinski definition) is 1. The van der Waals surface area contributed by atoms with Crippen LogP contribution in [-0.2, 0) is 20.9 Å². The van der Waals surface area contributed by atoms with Crippen molar-refractivity contribution in [3.05, 3.63) is 35.9 Å². The molecule has 1 aromatic carbocycles. The highest BCUT2D eigenvalue weighted by molar-refractivity contribution is 5.99. The summed E-state index contributed by atoms with van der Waals surface area (Å²) in [7, 11) is 0. The zero-order chi connectivity index (χ0) is 11.4. The van der Waals surface area contributed by atoms with E-state index >= 15 is 0 Å². The maximum Gasteiger partial charge on any atom is 0.318 e. The maximum atomic E-state index is 11.5. The van der Waals surface area contributed by atoms with Crippen LogP contribution in [0.1, 0.15) is 12.0 Å². The van der Waals surface area contributed by atoms with Crippen molar-refractivity contribution in [2.75, 3.05) is 6.54 Å². The van der Waals surface area contributed by atoms with E-state index in [-0.39, 0.29) is 12.5 Å². The summed E-state index contributed by atoms with van der Waals surface area (Å²) in [4.78, 5) is 22.8. The summed E-state index contributed by atoms with van der Waals surface area (Å²) in [6, 6.07) is 9.41. The Kier molecular flexibility index (Phi) is 3.19. The number of esters is 1. The van der Waals surface area contributed by atoms with Crippen LogP contribution in [0, 0.1) is 5.92 Å². The molecule has 4 nitrogen and oxygen atoms in total. The summed E-state index contributed by atoms with van der Waals surface area (Å²) in [5.41, 5.74) is 0.925. The van der Waals surface area contributed by atoms with Crippen LogP contribution >= 0.6 is 0 Å². The van der Waals surface area contributed by atoms with Gasteiger partial charge in [-0.2, -0.15) is 0 Å². The smallest absolute Gasteiger partial charge is 0.318 e. The van der Waals surface area contributed by atoms with Crippen molar-refractivity contribution in [1.82, 2.24) is 5.32 Å². The van der Waals surface area contributed by atoms with Gasteiger partial charge in [-0.05, 0) is 12.0 Å². The Balaban J connectivity index is 1.86. The van der Waals surface area contributed by atoms with Crippen LogP contribution in [0.5, 0.6) is 0 Å². The molecule has 0 aliphatic carbocycles. The van der Waals surface area contributed by atoms with Gasteiger partial charge < -0.3 is 10.1 Å². The highest BCUT2D eigenvalue weighted by Crippen LogP contribution is 2.12. The zero-order valence-electron chi connectivity index (χ0n) is 8.81. The molecule has 1 aliphatic heterocycles. The minimum absolute atomic E-state index is 0.224. The van der Waals surface area contributed by atoms with Crippen LogP contribution in [0.15, 0.2) is 30.3 Å². The predicted octanol–water partition coefficient (Wildman–Crippen LogP) is 0.866. The van der Waals surface area contributed by atoms with Gasteiger partial charge in [0, 0.05) is 6.54 Å². The third kappa shape index (κ3) is 2.39. The molecular weight excluding hydrogens is 206 g/mol. The van der Waals surface area contributed by atoms with Gasteiger partial charge in [-0.25, -0.2) is 0 Å². The van der Waals surface area contributed by atoms with Crippen molar-refractivity contribution >= 4 is 11.9 Å². The van der Waals surface area contributed by atoms with Crippen LogP contribution in [0.2, 0.25) is 0 Å². The van der Waals surface area contributed by atoms with E-state index in [4.69, 9.17) is 4.74 Å². The van der Waals surface area contributed by atoms with E-state index in [0.717, 1.165) is 5.56 Å². The monoisotopic (exact) mass is 219 g/mol. The number of carbonyl (C=O) groups is 2. The fourth-order valence-corrected chi connectivity index (χ4v) is 1.65. The lowest BCUT2D eigenvalue weighted by atomic mass is 10.1. The number of rotatable bonds is 3. The number of benzene rings is 1. The molecule has 84 valence electrons. The van der Waals surface area contributed by atoms with Gasteiger partial charge in [-0.15, -0.1) is 0 Å². The Morgan fingerprint density at radius 3 is 2.75 bits per heavy atom. The molecule has 1 amide bonds. The molecule has 0 spiro atoms. The molecule has 2 rings (SSSR count). The second-order valence-electron chi connectivity index (χ2n) is 3.73. The number of amides is 1. The molecular formula is C12H13NO3. The first kappa shape index (κ1) is 10.7. The first-order chi connectivity index (χ1) is 7.77. The summed E-state index contributed by atoms with van der Waals surface area (Å²) >= 11 is 0. The predicted molar refractivity (Wildman–Crippen MR) is 57.4 cm³/mol. The van der Waals surface area contributed by atoms with Crippen LogP contribution < -0.4 is 5.32 Å². The van der Waals surface area contributed by atoms with Crippen molar-refractivity contribution in [3.63, 3.8) is 0 Å². The molecule has 0 bridgehead atoms. The van der Waals surface area contributed by atoms with Crippen LogP contribution in [-0.4, -0.2) is 18.4 Å². The van der Waals surface area contributed by atoms with E-state index in [2.05, 4.69) is 5.32 Å². The topological polar surface area (TPSA) is 55.4 Å². The number of hydrogen-bond acceptors (Lipinski definition) is 3. The summed E-state index contributed by atoms with van der Waals surface area (Å²) in [6.45, 7) is 0.785. The largest absolute Gasteiger partial charge is 0.460 e. The van der Waals surface area contributed by atoms with Gasteiger partial charge in [0.15, 0.2) is 0 Å². The average molecular weight is 219 g/mol. The molecule has 1 aromatic rings. The summed E-state index contributed by atoms with van der Waals surface area (Å²) in [5, 5.41) is 2.61. The van der Waals surface area contributed by atoms with Gasteiger partial charge in [0.05, 0.1) is 0 Å². The first-order valence-corrected chi connectivity index (χ1v) is 5.25. The average Bonchev–Trinajstić information content (AvgIpc) is 2.74. The van der Waals surface area contributed by atoms with E-state index in [9.17, 15) is 9.59 Å². The molecule has 1 N–H and O–H groups in total. The van der Waals surface area contributed by atoms with Gasteiger partial charge in [0.1, 0.15) is 12.5 Å². The van der Waals surface area contributed by atoms with Crippen molar-refractivity contribution in [2.45, 2.75) is 13.0 Å². The lowest BCUT2D eigenvalue weighted by Crippen LogP contribution is -2.26. The van der Waals surface area contributed by atoms with Crippen molar-refractivity contribution in [3.8, 4) is 0 Å². The highest BCUT2D eigenvalue weighted by atomic mass is 16.5. The molecule has 4 heteroatoms. The summed E-state index contributed by atoms with van der Waals surface area (Å²) < 4.78 is 5.08. The van der Waals surface area contributed by atoms with E-state index in [1.54, 1.807) is 0 Å². The minimum atomic E-state index is -0.622. The number of nitrogens with one attached hydrogen (secondary N) is 1. The molecule has 16 heavy (non-hydrogen) atoms. The van der Waals surface area contributed by atoms with Gasteiger partial charge in [0.2, 0.25) is 5.91 Å². The van der Waals surface area contributed by atoms with Gasteiger partial charge in [-0.3, -0.25) is 9.59 Å². The normalized spacial score (nSPS) is 19.2. The quantitative estimate of drug-likeness (QED) is 0.606. The van der Waals surface area contributed by atoms with Gasteiger partial charge in [0.25, 0.3) is 0 Å². The lowest BCUT2D eigenvalue weighted by Gasteiger charge is -2.07. The second-order valence-corrected chi connectivity index (χ2v) is 3.73. The van der Waals surface area contributed by atoms with Crippen molar-refractivity contribution in [2.24, 2.45) is 5.92 Å². The molecule has 1 fully saturated rings. The Labute approximate surface area is 93.6 Å². The van der Waals surface area contributed by atoms with Crippen LogP contribution in [0.4, 0.5) is 0 Å². The third-order valence-electron chi connectivity index (χ3n) is 2.56. The summed E-state index contributed by atoms with van der Waals surface area (Å²) in [6.07, 6.45) is 0.534. The molecule has 0 aromatic heterocycles. The Morgan fingerprint density at radius 1 is 1.38 bits per heavy atom. The van der Waals surface area contributed by atoms with Crippen LogP contribution in [0.25, 0.3) is 0 Å². The fourth-order valence-electron chi connectivity index (χ4n) is 1.65. The van der Waals surface area contributed by atoms with E-state index in [0.29, 0.717) is 13.0 Å². The Bertz CT molecular complexity index is 389. The van der Waals surface area contributed by atoms with E-state index in [1.165, 1.54) is 0 Å². The Morgan fingerprint density at radius 2 is 2.12 bits per heavy atom. The van der Waals surface area contributed by atoms with E-state index in [1.807, 2.05) is 30.3 Å². The zero-order valence-corrected chi connectivity index (χ0v) is 8.81. The molecule has 1 aliphatic rings. The molecule has 1 saturated heterocycles. The van der Waals surface area contributed by atoms with Gasteiger partial charge >= 0.3 is 5.97 Å². The number of carbonyl (C=O) groups excluding carboxylic acids is 2. The summed E-state index contributed by atoms with van der Waals surface area (Å²) in [5.74, 6) is -1.28.